The Kier molecular flexibility index (Phi) is 6.49. The van der Waals surface area contributed by atoms with Gasteiger partial charge in [-0.05, 0) is 44.0 Å². The van der Waals surface area contributed by atoms with Crippen LogP contribution in [0.4, 0.5) is 0 Å². The minimum atomic E-state index is -1.28. The average molecular weight is 421 g/mol. The van der Waals surface area contributed by atoms with Crippen LogP contribution < -0.4 is 5.32 Å². The van der Waals surface area contributed by atoms with Gasteiger partial charge in [0.1, 0.15) is 11.7 Å². The van der Waals surface area contributed by atoms with Gasteiger partial charge in [0.05, 0.1) is 11.4 Å². The third-order valence-electron chi connectivity index (χ3n) is 4.80. The van der Waals surface area contributed by atoms with Crippen molar-refractivity contribution in [3.63, 3.8) is 0 Å². The van der Waals surface area contributed by atoms with Crippen molar-refractivity contribution < 1.29 is 24.6 Å². The maximum Gasteiger partial charge on any atom is 0.326 e. The van der Waals surface area contributed by atoms with Crippen LogP contribution in [0, 0.1) is 13.8 Å². The van der Waals surface area contributed by atoms with Gasteiger partial charge in [0.15, 0.2) is 0 Å². The average Bonchev–Trinajstić information content (AvgIpc) is 3.07. The quantitative estimate of drug-likeness (QED) is 0.481. The number of hydrogen-bond acceptors (Lipinski definition) is 4. The number of hydrogen-bond donors (Lipinski definition) is 3. The lowest BCUT2D eigenvalue weighted by Gasteiger charge is -2.11. The van der Waals surface area contributed by atoms with E-state index in [1.807, 2.05) is 60.8 Å². The van der Waals surface area contributed by atoms with E-state index in [2.05, 4.69) is 5.32 Å². The van der Waals surface area contributed by atoms with E-state index in [9.17, 15) is 19.5 Å². The second-order valence-electron chi connectivity index (χ2n) is 7.31. The van der Waals surface area contributed by atoms with Crippen molar-refractivity contribution in [3.8, 4) is 11.3 Å². The summed E-state index contributed by atoms with van der Waals surface area (Å²) in [5.74, 6) is -3.04. The molecule has 3 aromatic rings. The van der Waals surface area contributed by atoms with Crippen LogP contribution in [0.15, 0.2) is 48.7 Å². The molecule has 1 atom stereocenters. The van der Waals surface area contributed by atoms with Gasteiger partial charge >= 0.3 is 11.9 Å². The molecule has 0 aliphatic rings. The number of rotatable bonds is 8. The molecule has 0 aliphatic carbocycles. The van der Waals surface area contributed by atoms with Crippen molar-refractivity contribution in [1.82, 2.24) is 14.7 Å². The number of aryl methyl sites for hydroxylation is 2. The first kappa shape index (κ1) is 21.8. The third-order valence-corrected chi connectivity index (χ3v) is 4.80. The molecule has 31 heavy (non-hydrogen) atoms. The Morgan fingerprint density at radius 3 is 2.45 bits per heavy atom. The number of nitrogens with one attached hydrogen (secondary N) is 1. The molecule has 0 saturated heterocycles. The van der Waals surface area contributed by atoms with Gasteiger partial charge in [0.25, 0.3) is 0 Å². The largest absolute Gasteiger partial charge is 0.481 e. The van der Waals surface area contributed by atoms with Crippen LogP contribution in [0.3, 0.4) is 0 Å². The Hall–Kier alpha value is -3.94. The molecule has 0 saturated carbocycles. The number of carboxylic acids is 2. The normalized spacial score (nSPS) is 12.2. The van der Waals surface area contributed by atoms with E-state index in [0.29, 0.717) is 11.4 Å². The summed E-state index contributed by atoms with van der Waals surface area (Å²) in [5.41, 5.74) is 5.13. The lowest BCUT2D eigenvalue weighted by Crippen LogP contribution is -2.40. The van der Waals surface area contributed by atoms with E-state index in [0.717, 1.165) is 22.3 Å². The number of imidazole rings is 1. The molecule has 0 radical (unpaired) electrons. The highest BCUT2D eigenvalue weighted by atomic mass is 16.4. The van der Waals surface area contributed by atoms with Gasteiger partial charge in [-0.25, -0.2) is 9.78 Å². The first-order chi connectivity index (χ1) is 14.7. The molecule has 8 heteroatoms. The van der Waals surface area contributed by atoms with Crippen LogP contribution in [0.25, 0.3) is 23.0 Å². The van der Waals surface area contributed by atoms with Gasteiger partial charge in [-0.1, -0.05) is 29.8 Å². The molecule has 3 rings (SSSR count). The van der Waals surface area contributed by atoms with E-state index in [1.54, 1.807) is 6.08 Å². The van der Waals surface area contributed by atoms with Crippen molar-refractivity contribution >= 4 is 29.6 Å². The van der Waals surface area contributed by atoms with Crippen LogP contribution >= 0.6 is 0 Å². The highest BCUT2D eigenvalue weighted by molar-refractivity contribution is 5.95. The smallest absolute Gasteiger partial charge is 0.326 e. The Balaban J connectivity index is 1.92. The summed E-state index contributed by atoms with van der Waals surface area (Å²) in [5, 5.41) is 20.3. The fourth-order valence-corrected chi connectivity index (χ4v) is 3.15. The summed E-state index contributed by atoms with van der Waals surface area (Å²) < 4.78 is 1.85. The fraction of sp³-hybridized carbons (Fsp3) is 0.217. The van der Waals surface area contributed by atoms with Gasteiger partial charge in [-0.15, -0.1) is 0 Å². The van der Waals surface area contributed by atoms with Crippen LogP contribution in [0.2, 0.25) is 0 Å². The third kappa shape index (κ3) is 5.36. The Bertz CT molecular complexity index is 1160. The van der Waals surface area contributed by atoms with Crippen molar-refractivity contribution in [3.05, 3.63) is 65.5 Å². The number of carbonyl (C=O) groups excluding carboxylic acids is 1. The van der Waals surface area contributed by atoms with Crippen molar-refractivity contribution in [2.24, 2.45) is 0 Å². The monoisotopic (exact) mass is 421 g/mol. The number of amides is 1. The number of aromatic nitrogens is 2. The van der Waals surface area contributed by atoms with E-state index in [1.165, 1.54) is 6.08 Å². The summed E-state index contributed by atoms with van der Waals surface area (Å²) in [6.45, 7) is 3.96. The van der Waals surface area contributed by atoms with Gasteiger partial charge in [0, 0.05) is 24.3 Å². The lowest BCUT2D eigenvalue weighted by atomic mass is 10.1. The highest BCUT2D eigenvalue weighted by Gasteiger charge is 2.20. The molecule has 0 aliphatic heterocycles. The molecule has 0 fully saturated rings. The van der Waals surface area contributed by atoms with Crippen LogP contribution in [0.1, 0.15) is 29.7 Å². The summed E-state index contributed by atoms with van der Waals surface area (Å²) in [6.07, 6.45) is 4.12. The predicted octanol–water partition coefficient (Wildman–Crippen LogP) is 3.07. The highest BCUT2D eigenvalue weighted by Crippen LogP contribution is 2.26. The summed E-state index contributed by atoms with van der Waals surface area (Å²) in [4.78, 5) is 39.1. The molecular formula is C23H23N3O5. The fourth-order valence-electron chi connectivity index (χ4n) is 3.15. The van der Waals surface area contributed by atoms with Crippen molar-refractivity contribution in [2.75, 3.05) is 0 Å². The lowest BCUT2D eigenvalue weighted by molar-refractivity contribution is -0.142. The minimum absolute atomic E-state index is 0.201. The van der Waals surface area contributed by atoms with Crippen LogP contribution in [-0.4, -0.2) is 43.5 Å². The maximum absolute atomic E-state index is 12.3. The van der Waals surface area contributed by atoms with Crippen molar-refractivity contribution in [1.29, 1.82) is 0 Å². The maximum atomic E-state index is 12.3. The first-order valence-electron chi connectivity index (χ1n) is 9.73. The SMILES string of the molecule is Cc1ccc(-c2nc3cc(C)ccn3c2/C=C/C(=O)NC(CCC(=O)O)C(=O)O)cc1. The number of carbonyl (C=O) groups is 3. The van der Waals surface area contributed by atoms with Gasteiger partial charge in [-0.3, -0.25) is 14.0 Å². The molecule has 160 valence electrons. The molecule has 2 aromatic heterocycles. The van der Waals surface area contributed by atoms with Crippen LogP contribution in [-0.2, 0) is 14.4 Å². The molecule has 1 unspecified atom stereocenters. The zero-order valence-corrected chi connectivity index (χ0v) is 17.2. The number of carboxylic acid groups (broad SMARTS) is 2. The summed E-state index contributed by atoms with van der Waals surface area (Å²) >= 11 is 0. The molecule has 1 amide bonds. The van der Waals surface area contributed by atoms with Crippen molar-refractivity contribution in [2.45, 2.75) is 32.7 Å². The second-order valence-corrected chi connectivity index (χ2v) is 7.31. The number of nitrogens with zero attached hydrogens (tertiary/aromatic N) is 2. The molecule has 0 spiro atoms. The summed E-state index contributed by atoms with van der Waals surface area (Å²) in [7, 11) is 0. The zero-order chi connectivity index (χ0) is 22.5. The topological polar surface area (TPSA) is 121 Å². The molecule has 2 heterocycles. The van der Waals surface area contributed by atoms with E-state index in [-0.39, 0.29) is 12.8 Å². The molecule has 3 N–H and O–H groups in total. The first-order valence-corrected chi connectivity index (χ1v) is 9.73. The molecule has 8 nitrogen and oxygen atoms in total. The second kappa shape index (κ2) is 9.25. The summed E-state index contributed by atoms with van der Waals surface area (Å²) in [6, 6.07) is 10.4. The van der Waals surface area contributed by atoms with E-state index >= 15 is 0 Å². The van der Waals surface area contributed by atoms with E-state index in [4.69, 9.17) is 10.1 Å². The van der Waals surface area contributed by atoms with Gasteiger partial charge < -0.3 is 15.5 Å². The molecular weight excluding hydrogens is 398 g/mol. The Morgan fingerprint density at radius 1 is 1.10 bits per heavy atom. The molecule has 0 bridgehead atoms. The number of benzene rings is 1. The number of pyridine rings is 1. The number of fused-ring (bicyclic) bond motifs is 1. The zero-order valence-electron chi connectivity index (χ0n) is 17.2. The standard InChI is InChI=1S/C23H23N3O5/c1-14-3-5-16(6-4-14)22-18(26-12-11-15(2)13-19(26)25-22)8-9-20(27)24-17(23(30)31)7-10-21(28)29/h3-6,8-9,11-13,17H,7,10H2,1-2H3,(H,24,27)(H,28,29)(H,30,31)/b9-8+. The van der Waals surface area contributed by atoms with Gasteiger partial charge in [0.2, 0.25) is 5.91 Å². The van der Waals surface area contributed by atoms with Gasteiger partial charge in [-0.2, -0.15) is 0 Å². The Morgan fingerprint density at radius 2 is 1.81 bits per heavy atom. The Labute approximate surface area is 178 Å². The number of aliphatic carboxylic acids is 2. The minimum Gasteiger partial charge on any atom is -0.481 e. The predicted molar refractivity (Wildman–Crippen MR) is 116 cm³/mol. The van der Waals surface area contributed by atoms with Crippen LogP contribution in [0.5, 0.6) is 0 Å². The van der Waals surface area contributed by atoms with E-state index < -0.39 is 23.9 Å². The molecule has 1 aromatic carbocycles.